The molecule has 0 bridgehead atoms. The molecule has 0 aromatic carbocycles. The lowest BCUT2D eigenvalue weighted by Gasteiger charge is -2.33. The molecule has 0 aromatic heterocycles. The number of methoxy groups -OCH3 is 2. The average Bonchev–Trinajstić information content (AvgIpc) is 2.61. The monoisotopic (exact) mass is 338 g/mol. The van der Waals surface area contributed by atoms with Crippen LogP contribution in [0.4, 0.5) is 0 Å². The lowest BCUT2D eigenvalue weighted by atomic mass is 9.71. The number of allylic oxidation sites excluding steroid dienone is 4. The summed E-state index contributed by atoms with van der Waals surface area (Å²) in [4.78, 5) is 23.9. The van der Waals surface area contributed by atoms with E-state index in [1.165, 1.54) is 30.9 Å². The minimum absolute atomic E-state index is 0.305. The molecule has 138 valence electrons. The molecule has 4 heteroatoms. The normalized spacial score (nSPS) is 23.5. The molecule has 0 amide bonds. The van der Waals surface area contributed by atoms with Gasteiger partial charge in [-0.1, -0.05) is 36.6 Å². The zero-order valence-corrected chi connectivity index (χ0v) is 16.6. The Bertz CT molecular complexity index is 484. The zero-order chi connectivity index (χ0) is 18.9. The van der Waals surface area contributed by atoms with E-state index in [-0.39, 0.29) is 17.9 Å². The van der Waals surface area contributed by atoms with Crippen LogP contribution in [0.1, 0.15) is 60.8 Å². The second kappa shape index (κ2) is 11.1. The van der Waals surface area contributed by atoms with Gasteiger partial charge in [0.05, 0.1) is 26.1 Å². The molecule has 0 aromatic rings. The van der Waals surface area contributed by atoms with Crippen LogP contribution in [0.5, 0.6) is 0 Å². The molecule has 0 heterocycles. The second-order valence-corrected chi connectivity index (χ2v) is 6.34. The summed E-state index contributed by atoms with van der Waals surface area (Å²) < 4.78 is 9.72. The average molecular weight is 338 g/mol. The summed E-state index contributed by atoms with van der Waals surface area (Å²) in [6, 6.07) is 0. The molecular formula is C20H34O4. The molecule has 1 fully saturated rings. The van der Waals surface area contributed by atoms with Crippen LogP contribution in [0.2, 0.25) is 0 Å². The standard InChI is InChI=1S/C18H28O4.C2H6/c1-11(2)12(3)9-13(4)14-7-8-15(17(19)21-5)16(10-14)18(20)22-6;1-2/h9,14-16H,7-8,10H2,1-6H3;1-2H3/b13-9+;. The SMILES string of the molecule is CC.COC(=O)C1CCC(/C(C)=C/C(C)=C(C)C)CC1C(=O)OC. The van der Waals surface area contributed by atoms with Gasteiger partial charge in [0.1, 0.15) is 0 Å². The maximum atomic E-state index is 12.0. The number of carbonyl (C=O) groups excluding carboxylic acids is 2. The largest absolute Gasteiger partial charge is 0.469 e. The number of carbonyl (C=O) groups is 2. The highest BCUT2D eigenvalue weighted by molar-refractivity contribution is 5.82. The zero-order valence-electron chi connectivity index (χ0n) is 16.6. The highest BCUT2D eigenvalue weighted by atomic mass is 16.5. The van der Waals surface area contributed by atoms with E-state index in [0.29, 0.717) is 18.8 Å². The molecule has 0 saturated heterocycles. The van der Waals surface area contributed by atoms with Crippen molar-refractivity contribution in [1.29, 1.82) is 0 Å². The molecule has 3 atom stereocenters. The number of ether oxygens (including phenoxy) is 2. The highest BCUT2D eigenvalue weighted by Crippen LogP contribution is 2.39. The van der Waals surface area contributed by atoms with E-state index in [1.54, 1.807) is 0 Å². The lowest BCUT2D eigenvalue weighted by molar-refractivity contribution is -0.160. The Hall–Kier alpha value is -1.58. The maximum Gasteiger partial charge on any atom is 0.309 e. The predicted molar refractivity (Wildman–Crippen MR) is 97.5 cm³/mol. The molecule has 24 heavy (non-hydrogen) atoms. The fourth-order valence-corrected chi connectivity index (χ4v) is 3.03. The quantitative estimate of drug-likeness (QED) is 0.551. The summed E-state index contributed by atoms with van der Waals surface area (Å²) in [6.07, 6.45) is 4.39. The van der Waals surface area contributed by atoms with Gasteiger partial charge in [0, 0.05) is 0 Å². The number of hydrogen-bond acceptors (Lipinski definition) is 4. The van der Waals surface area contributed by atoms with Crippen molar-refractivity contribution in [3.63, 3.8) is 0 Å². The summed E-state index contributed by atoms with van der Waals surface area (Å²) >= 11 is 0. The van der Waals surface area contributed by atoms with Crippen molar-refractivity contribution in [3.05, 3.63) is 22.8 Å². The number of hydrogen-bond donors (Lipinski definition) is 0. The lowest BCUT2D eigenvalue weighted by Crippen LogP contribution is -2.37. The molecule has 1 rings (SSSR count). The molecule has 0 spiro atoms. The minimum atomic E-state index is -0.411. The van der Waals surface area contributed by atoms with Gasteiger partial charge in [-0.05, 0) is 52.9 Å². The topological polar surface area (TPSA) is 52.6 Å². The van der Waals surface area contributed by atoms with E-state index in [1.807, 2.05) is 13.8 Å². The highest BCUT2D eigenvalue weighted by Gasteiger charge is 2.40. The van der Waals surface area contributed by atoms with Gasteiger partial charge in [-0.25, -0.2) is 0 Å². The van der Waals surface area contributed by atoms with E-state index in [2.05, 4.69) is 33.8 Å². The third kappa shape index (κ3) is 6.14. The Balaban J connectivity index is 0.00000254. The molecular weight excluding hydrogens is 304 g/mol. The first kappa shape index (κ1) is 22.4. The number of esters is 2. The Kier molecular flexibility index (Phi) is 10.3. The Labute approximate surface area is 147 Å². The smallest absolute Gasteiger partial charge is 0.309 e. The van der Waals surface area contributed by atoms with Crippen molar-refractivity contribution in [2.24, 2.45) is 17.8 Å². The molecule has 0 aliphatic heterocycles. The van der Waals surface area contributed by atoms with E-state index < -0.39 is 5.92 Å². The van der Waals surface area contributed by atoms with Crippen molar-refractivity contribution in [1.82, 2.24) is 0 Å². The van der Waals surface area contributed by atoms with Crippen LogP contribution in [0.25, 0.3) is 0 Å². The molecule has 1 aliphatic carbocycles. The van der Waals surface area contributed by atoms with Gasteiger partial charge >= 0.3 is 11.9 Å². The van der Waals surface area contributed by atoms with Crippen molar-refractivity contribution in [2.45, 2.75) is 60.8 Å². The van der Waals surface area contributed by atoms with Crippen LogP contribution < -0.4 is 0 Å². The van der Waals surface area contributed by atoms with E-state index >= 15 is 0 Å². The third-order valence-corrected chi connectivity index (χ3v) is 4.73. The third-order valence-electron chi connectivity index (χ3n) is 4.73. The van der Waals surface area contributed by atoms with Gasteiger partial charge in [-0.2, -0.15) is 0 Å². The first-order valence-electron chi connectivity index (χ1n) is 8.79. The van der Waals surface area contributed by atoms with Gasteiger partial charge in [0.15, 0.2) is 0 Å². The van der Waals surface area contributed by atoms with Crippen molar-refractivity contribution in [2.75, 3.05) is 14.2 Å². The molecule has 0 N–H and O–H groups in total. The van der Waals surface area contributed by atoms with Gasteiger partial charge in [-0.3, -0.25) is 9.59 Å². The summed E-state index contributed by atoms with van der Waals surface area (Å²) in [6.45, 7) is 12.4. The second-order valence-electron chi connectivity index (χ2n) is 6.34. The van der Waals surface area contributed by atoms with Crippen molar-refractivity contribution in [3.8, 4) is 0 Å². The number of rotatable bonds is 4. The molecule has 1 saturated carbocycles. The Morgan fingerprint density at radius 3 is 1.83 bits per heavy atom. The fraction of sp³-hybridized carbons (Fsp3) is 0.700. The fourth-order valence-electron chi connectivity index (χ4n) is 3.03. The summed E-state index contributed by atoms with van der Waals surface area (Å²) in [5.41, 5.74) is 3.80. The summed E-state index contributed by atoms with van der Waals surface area (Å²) in [5.74, 6) is -1.11. The van der Waals surface area contributed by atoms with Gasteiger partial charge in [0.25, 0.3) is 0 Å². The predicted octanol–water partition coefficient (Wildman–Crippen LogP) is 4.69. The van der Waals surface area contributed by atoms with Crippen LogP contribution in [0.15, 0.2) is 22.8 Å². The summed E-state index contributed by atoms with van der Waals surface area (Å²) in [5, 5.41) is 0. The van der Waals surface area contributed by atoms with Crippen LogP contribution in [-0.4, -0.2) is 26.2 Å². The summed E-state index contributed by atoms with van der Waals surface area (Å²) in [7, 11) is 2.74. The minimum Gasteiger partial charge on any atom is -0.469 e. The van der Waals surface area contributed by atoms with Gasteiger partial charge in [0.2, 0.25) is 0 Å². The van der Waals surface area contributed by atoms with Crippen LogP contribution >= 0.6 is 0 Å². The van der Waals surface area contributed by atoms with Crippen molar-refractivity contribution >= 4 is 11.9 Å². The van der Waals surface area contributed by atoms with Crippen LogP contribution in [0.3, 0.4) is 0 Å². The van der Waals surface area contributed by atoms with E-state index in [9.17, 15) is 9.59 Å². The van der Waals surface area contributed by atoms with Crippen LogP contribution in [0, 0.1) is 17.8 Å². The van der Waals surface area contributed by atoms with Crippen LogP contribution in [-0.2, 0) is 19.1 Å². The first-order valence-corrected chi connectivity index (χ1v) is 8.79. The molecule has 0 radical (unpaired) electrons. The van der Waals surface area contributed by atoms with E-state index in [4.69, 9.17) is 9.47 Å². The first-order chi connectivity index (χ1) is 11.3. The van der Waals surface area contributed by atoms with E-state index in [0.717, 1.165) is 6.42 Å². The van der Waals surface area contributed by atoms with Gasteiger partial charge in [-0.15, -0.1) is 0 Å². The maximum absolute atomic E-state index is 12.0. The Morgan fingerprint density at radius 1 is 0.875 bits per heavy atom. The molecule has 4 nitrogen and oxygen atoms in total. The Morgan fingerprint density at radius 2 is 1.38 bits per heavy atom. The molecule has 1 aliphatic rings. The van der Waals surface area contributed by atoms with Gasteiger partial charge < -0.3 is 9.47 Å². The van der Waals surface area contributed by atoms with Crippen molar-refractivity contribution < 1.29 is 19.1 Å². The molecule has 3 unspecified atom stereocenters.